The molecule has 1 aliphatic heterocycles. The lowest BCUT2D eigenvalue weighted by Gasteiger charge is -2.37. The number of amides is 2. The smallest absolute Gasteiger partial charge is 0.251 e. The fraction of sp³-hybridized carbons (Fsp3) is 0.556. The highest BCUT2D eigenvalue weighted by Gasteiger charge is 2.49. The first-order valence-corrected chi connectivity index (χ1v) is 8.55. The quantitative estimate of drug-likeness (QED) is 0.708. The molecular weight excluding hydrogens is 326 g/mol. The molecular formula is C18H26ClN3O2. The molecule has 132 valence electrons. The molecule has 1 aromatic rings. The van der Waals surface area contributed by atoms with Crippen LogP contribution in [0, 0.1) is 11.3 Å². The Balaban J connectivity index is 0.00000208. The van der Waals surface area contributed by atoms with Crippen molar-refractivity contribution in [1.82, 2.24) is 16.0 Å². The Morgan fingerprint density at radius 2 is 1.88 bits per heavy atom. The van der Waals surface area contributed by atoms with E-state index in [9.17, 15) is 9.59 Å². The number of carbonyl (C=O) groups is 2. The summed E-state index contributed by atoms with van der Waals surface area (Å²) >= 11 is 0. The van der Waals surface area contributed by atoms with Crippen molar-refractivity contribution in [3.63, 3.8) is 0 Å². The molecule has 0 aromatic heterocycles. The molecule has 1 heterocycles. The van der Waals surface area contributed by atoms with Crippen LogP contribution in [0.1, 0.15) is 36.0 Å². The molecule has 5 nitrogen and oxygen atoms in total. The number of fused-ring (bicyclic) bond motifs is 1. The molecule has 2 amide bonds. The number of halogens is 1. The first-order valence-electron chi connectivity index (χ1n) is 8.55. The third-order valence-electron chi connectivity index (χ3n) is 5.22. The molecule has 0 radical (unpaired) electrons. The summed E-state index contributed by atoms with van der Waals surface area (Å²) in [4.78, 5) is 24.6. The second kappa shape index (κ2) is 8.49. The SMILES string of the molecule is Cl.O=C(NCCNC(=O)[C@@]12CCCC[C@H]1CNC2)c1ccccc1. The number of hydrogen-bond donors (Lipinski definition) is 3. The molecule has 3 N–H and O–H groups in total. The van der Waals surface area contributed by atoms with Crippen molar-refractivity contribution in [1.29, 1.82) is 0 Å². The van der Waals surface area contributed by atoms with Crippen LogP contribution in [-0.4, -0.2) is 38.0 Å². The zero-order valence-electron chi connectivity index (χ0n) is 13.8. The van der Waals surface area contributed by atoms with E-state index >= 15 is 0 Å². The molecule has 0 unspecified atom stereocenters. The normalized spacial score (nSPS) is 25.2. The summed E-state index contributed by atoms with van der Waals surface area (Å²) in [6.07, 6.45) is 4.49. The number of nitrogens with one attached hydrogen (secondary N) is 3. The van der Waals surface area contributed by atoms with E-state index in [2.05, 4.69) is 16.0 Å². The van der Waals surface area contributed by atoms with Crippen LogP contribution in [0.3, 0.4) is 0 Å². The van der Waals surface area contributed by atoms with Crippen LogP contribution in [0.5, 0.6) is 0 Å². The topological polar surface area (TPSA) is 70.2 Å². The highest BCUT2D eigenvalue weighted by atomic mass is 35.5. The van der Waals surface area contributed by atoms with Crippen LogP contribution >= 0.6 is 12.4 Å². The maximum Gasteiger partial charge on any atom is 0.251 e. The molecule has 24 heavy (non-hydrogen) atoms. The van der Waals surface area contributed by atoms with Crippen molar-refractivity contribution in [3.05, 3.63) is 35.9 Å². The monoisotopic (exact) mass is 351 g/mol. The Labute approximate surface area is 149 Å². The van der Waals surface area contributed by atoms with Gasteiger partial charge in [0.1, 0.15) is 0 Å². The summed E-state index contributed by atoms with van der Waals surface area (Å²) in [6.45, 7) is 2.68. The minimum absolute atomic E-state index is 0. The Bertz CT molecular complexity index is 567. The van der Waals surface area contributed by atoms with Crippen molar-refractivity contribution in [2.45, 2.75) is 25.7 Å². The molecule has 1 saturated heterocycles. The molecule has 0 spiro atoms. The summed E-state index contributed by atoms with van der Waals surface area (Å²) in [5, 5.41) is 9.26. The molecule has 1 aliphatic carbocycles. The van der Waals surface area contributed by atoms with Crippen molar-refractivity contribution >= 4 is 24.2 Å². The second-order valence-corrected chi connectivity index (χ2v) is 6.61. The van der Waals surface area contributed by atoms with Crippen LogP contribution in [0.25, 0.3) is 0 Å². The Morgan fingerprint density at radius 1 is 1.12 bits per heavy atom. The van der Waals surface area contributed by atoms with Crippen LogP contribution in [0.15, 0.2) is 30.3 Å². The van der Waals surface area contributed by atoms with E-state index < -0.39 is 0 Å². The number of hydrogen-bond acceptors (Lipinski definition) is 3. The number of benzene rings is 1. The van der Waals surface area contributed by atoms with Gasteiger partial charge in [0.25, 0.3) is 5.91 Å². The van der Waals surface area contributed by atoms with Gasteiger partial charge in [-0.1, -0.05) is 31.0 Å². The van der Waals surface area contributed by atoms with Crippen molar-refractivity contribution in [2.75, 3.05) is 26.2 Å². The van der Waals surface area contributed by atoms with Gasteiger partial charge in [-0.2, -0.15) is 0 Å². The molecule has 2 fully saturated rings. The Hall–Kier alpha value is -1.59. The summed E-state index contributed by atoms with van der Waals surface area (Å²) in [6, 6.07) is 9.12. The first-order chi connectivity index (χ1) is 11.2. The standard InChI is InChI=1S/C18H25N3O2.ClH/c22-16(14-6-2-1-3-7-14)20-10-11-21-17(23)18-9-5-4-8-15(18)12-19-13-18;/h1-3,6-7,15,19H,4-5,8-13H2,(H,20,22)(H,21,23);1H/t15-,18+;/m0./s1. The maximum atomic E-state index is 12.7. The minimum Gasteiger partial charge on any atom is -0.354 e. The molecule has 0 bridgehead atoms. The van der Waals surface area contributed by atoms with Crippen molar-refractivity contribution in [3.8, 4) is 0 Å². The average molecular weight is 352 g/mol. The third-order valence-corrected chi connectivity index (χ3v) is 5.22. The zero-order chi connectivity index (χ0) is 16.1. The van der Waals surface area contributed by atoms with E-state index in [1.807, 2.05) is 18.2 Å². The summed E-state index contributed by atoms with van der Waals surface area (Å²) < 4.78 is 0. The highest BCUT2D eigenvalue weighted by Crippen LogP contribution is 2.43. The van der Waals surface area contributed by atoms with Gasteiger partial charge in [-0.25, -0.2) is 0 Å². The lowest BCUT2D eigenvalue weighted by molar-refractivity contribution is -0.133. The summed E-state index contributed by atoms with van der Waals surface area (Å²) in [7, 11) is 0. The molecule has 1 aromatic carbocycles. The predicted molar refractivity (Wildman–Crippen MR) is 96.3 cm³/mol. The average Bonchev–Trinajstić information content (AvgIpc) is 3.04. The lowest BCUT2D eigenvalue weighted by atomic mass is 9.67. The van der Waals surface area contributed by atoms with Crippen LogP contribution in [0.2, 0.25) is 0 Å². The lowest BCUT2D eigenvalue weighted by Crippen LogP contribution is -2.49. The van der Waals surface area contributed by atoms with Gasteiger partial charge in [0.15, 0.2) is 0 Å². The largest absolute Gasteiger partial charge is 0.354 e. The van der Waals surface area contributed by atoms with Gasteiger partial charge in [0.05, 0.1) is 5.41 Å². The van der Waals surface area contributed by atoms with E-state index in [4.69, 9.17) is 0 Å². The van der Waals surface area contributed by atoms with Crippen molar-refractivity contribution < 1.29 is 9.59 Å². The van der Waals surface area contributed by atoms with Gasteiger partial charge in [-0.05, 0) is 37.4 Å². The third kappa shape index (κ3) is 3.90. The molecule has 3 rings (SSSR count). The number of rotatable bonds is 5. The van der Waals surface area contributed by atoms with Gasteiger partial charge in [0, 0.05) is 25.2 Å². The molecule has 2 atom stereocenters. The van der Waals surface area contributed by atoms with Crippen LogP contribution in [-0.2, 0) is 4.79 Å². The highest BCUT2D eigenvalue weighted by molar-refractivity contribution is 5.94. The van der Waals surface area contributed by atoms with Crippen molar-refractivity contribution in [2.24, 2.45) is 11.3 Å². The van der Waals surface area contributed by atoms with Gasteiger partial charge in [-0.3, -0.25) is 9.59 Å². The molecule has 1 saturated carbocycles. The van der Waals surface area contributed by atoms with Gasteiger partial charge in [-0.15, -0.1) is 12.4 Å². The Kier molecular flexibility index (Phi) is 6.63. The summed E-state index contributed by atoms with van der Waals surface area (Å²) in [5.41, 5.74) is 0.423. The van der Waals surface area contributed by atoms with E-state index in [0.717, 1.165) is 32.4 Å². The van der Waals surface area contributed by atoms with Crippen LogP contribution in [0.4, 0.5) is 0 Å². The predicted octanol–water partition coefficient (Wildman–Crippen LogP) is 1.73. The van der Waals surface area contributed by atoms with E-state index in [-0.39, 0.29) is 29.6 Å². The number of carbonyl (C=O) groups excluding carboxylic acids is 2. The maximum absolute atomic E-state index is 12.7. The summed E-state index contributed by atoms with van der Waals surface area (Å²) in [5.74, 6) is 0.521. The van der Waals surface area contributed by atoms with E-state index in [1.165, 1.54) is 6.42 Å². The van der Waals surface area contributed by atoms with E-state index in [1.54, 1.807) is 12.1 Å². The second-order valence-electron chi connectivity index (χ2n) is 6.61. The van der Waals surface area contributed by atoms with E-state index in [0.29, 0.717) is 24.6 Å². The first kappa shape index (κ1) is 18.7. The van der Waals surface area contributed by atoms with Crippen LogP contribution < -0.4 is 16.0 Å². The molecule has 2 aliphatic rings. The molecule has 6 heteroatoms. The van der Waals surface area contributed by atoms with Gasteiger partial charge >= 0.3 is 0 Å². The Morgan fingerprint density at radius 3 is 2.67 bits per heavy atom. The minimum atomic E-state index is -0.221. The van der Waals surface area contributed by atoms with Gasteiger partial charge in [0.2, 0.25) is 5.91 Å². The zero-order valence-corrected chi connectivity index (χ0v) is 14.7. The fourth-order valence-electron chi connectivity index (χ4n) is 3.91. The fourth-order valence-corrected chi connectivity index (χ4v) is 3.91. The van der Waals surface area contributed by atoms with Gasteiger partial charge < -0.3 is 16.0 Å².